The van der Waals surface area contributed by atoms with Gasteiger partial charge in [-0.15, -0.1) is 0 Å². The molecule has 43 heavy (non-hydrogen) atoms. The van der Waals surface area contributed by atoms with E-state index < -0.39 is 34.5 Å². The molecule has 0 radical (unpaired) electrons. The van der Waals surface area contributed by atoms with Crippen LogP contribution in [0, 0.1) is 0 Å². The van der Waals surface area contributed by atoms with Crippen molar-refractivity contribution >= 4 is 160 Å². The maximum absolute atomic E-state index is 16.0. The number of fused-ring (bicyclic) bond motifs is 1. The molecule has 2 heterocycles. The number of amides is 4. The molecule has 2 aromatic rings. The lowest BCUT2D eigenvalue weighted by Gasteiger charge is -2.41. The molecule has 0 saturated carbocycles. The molecule has 21 heteroatoms. The van der Waals surface area contributed by atoms with Crippen molar-refractivity contribution in [2.24, 2.45) is 0 Å². The van der Waals surface area contributed by atoms with Crippen LogP contribution in [0.3, 0.4) is 0 Å². The summed E-state index contributed by atoms with van der Waals surface area (Å²) in [6, 6.07) is -0.834. The Balaban J connectivity index is 1.81. The Morgan fingerprint density at radius 1 is 0.884 bits per heavy atom. The minimum absolute atomic E-state index is 0.119. The largest absolute Gasteiger partial charge is 0.357 e. The van der Waals surface area contributed by atoms with Gasteiger partial charge in [-0.2, -0.15) is 8.78 Å². The van der Waals surface area contributed by atoms with E-state index in [0.717, 1.165) is 0 Å². The van der Waals surface area contributed by atoms with Gasteiger partial charge in [-0.1, -0.05) is 55.4 Å². The van der Waals surface area contributed by atoms with Crippen LogP contribution in [-0.4, -0.2) is 121 Å². The van der Waals surface area contributed by atoms with Gasteiger partial charge in [0.2, 0.25) is 11.8 Å². The molecule has 1 atom stereocenters. The van der Waals surface area contributed by atoms with E-state index in [9.17, 15) is 19.2 Å². The van der Waals surface area contributed by atoms with Crippen LogP contribution in [0.5, 0.6) is 0 Å². The van der Waals surface area contributed by atoms with Gasteiger partial charge < -0.3 is 10.2 Å². The van der Waals surface area contributed by atoms with Gasteiger partial charge in [-0.05, 0) is 12.0 Å². The highest BCUT2D eigenvalue weighted by molar-refractivity contribution is 6.64. The zero-order valence-corrected chi connectivity index (χ0v) is 27.5. The Bertz CT molecular complexity index is 1630. The molecule has 1 unspecified atom stereocenters. The molecular weight excluding hydrogens is 563 g/mol. The van der Waals surface area contributed by atoms with Gasteiger partial charge in [0, 0.05) is 33.2 Å². The van der Waals surface area contributed by atoms with Gasteiger partial charge >= 0.3 is 5.92 Å². The highest BCUT2D eigenvalue weighted by Gasteiger charge is 2.52. The number of halogens is 3. The summed E-state index contributed by atoms with van der Waals surface area (Å²) in [7, 11) is 18.8. The number of nitrogens with zero attached hydrogens (tertiary/aromatic N) is 1. The standard InChI is InChI=1S/C22H29B11ClF2N3O4/c23-9-5-6(22(32,33)39(18(5)42)3-1-2-4(40)37-17(3)41)10(24)8(13(9)27)21(30,31)38-19(43)20(35,36)7-11(25)14(28)16(34)15(29)12(7)26/h3H,1-2,23-33H2,(H,38,43)(H,37,40,41). The van der Waals surface area contributed by atoms with Crippen LogP contribution < -0.4 is 48.9 Å². The highest BCUT2D eigenvalue weighted by Crippen LogP contribution is 2.37. The van der Waals surface area contributed by atoms with Crippen molar-refractivity contribution in [3.05, 3.63) is 27.3 Å². The molecule has 4 rings (SSSR count). The third-order valence-electron chi connectivity index (χ3n) is 9.66. The molecule has 1 saturated heterocycles. The van der Waals surface area contributed by atoms with Crippen molar-refractivity contribution < 1.29 is 28.0 Å². The lowest BCUT2D eigenvalue weighted by molar-refractivity contribution is -0.147. The molecule has 1 fully saturated rings. The minimum atomic E-state index is -3.85. The smallest absolute Gasteiger partial charge is 0.348 e. The summed E-state index contributed by atoms with van der Waals surface area (Å²) in [5, 5.41) is 3.14. The second kappa shape index (κ2) is 10.8. The number of benzene rings is 2. The summed E-state index contributed by atoms with van der Waals surface area (Å²) >= 11 is 6.37. The van der Waals surface area contributed by atoms with E-state index in [1.807, 2.05) is 23.5 Å². The van der Waals surface area contributed by atoms with Crippen molar-refractivity contribution in [3.63, 3.8) is 0 Å². The monoisotopic (exact) mass is 593 g/mol. The SMILES string of the molecule is Bc1c(B)c(C(F)(F)C(=O)NC(B)(B)c2c(B)c(B)c3c(c2B)C(B)(B)N(C2CCC(=O)NC2=O)C3=O)c(B)c(B)c1Cl. The third-order valence-corrected chi connectivity index (χ3v) is 10.2. The van der Waals surface area contributed by atoms with Crippen LogP contribution in [0.25, 0.3) is 0 Å². The van der Waals surface area contributed by atoms with Gasteiger partial charge in [-0.3, -0.25) is 24.5 Å². The van der Waals surface area contributed by atoms with Crippen LogP contribution in [0.2, 0.25) is 5.02 Å². The maximum atomic E-state index is 16.0. The fraction of sp³-hybridized carbons (Fsp3) is 0.273. The zero-order chi connectivity index (χ0) is 32.7. The summed E-state index contributed by atoms with van der Waals surface area (Å²) in [6.07, 6.45) is 0.324. The number of nitrogens with one attached hydrogen (secondary N) is 2. The van der Waals surface area contributed by atoms with E-state index in [0.29, 0.717) is 49.0 Å². The Kier molecular flexibility index (Phi) is 8.34. The second-order valence-electron chi connectivity index (χ2n) is 13.0. The van der Waals surface area contributed by atoms with Crippen molar-refractivity contribution in [1.29, 1.82) is 0 Å². The van der Waals surface area contributed by atoms with E-state index in [1.54, 1.807) is 62.8 Å². The van der Waals surface area contributed by atoms with E-state index in [1.165, 1.54) is 4.90 Å². The molecule has 2 aliphatic rings. The number of piperidine rings is 1. The van der Waals surface area contributed by atoms with Crippen molar-refractivity contribution in [3.8, 4) is 0 Å². The first-order chi connectivity index (χ1) is 19.6. The molecular formula is C22H29B11ClF2N3O4. The quantitative estimate of drug-likeness (QED) is 0.267. The first-order valence-corrected chi connectivity index (χ1v) is 14.8. The lowest BCUT2D eigenvalue weighted by atomic mass is 9.48. The Morgan fingerprint density at radius 3 is 1.91 bits per heavy atom. The molecule has 2 N–H and O–H groups in total. The number of carbonyl (C=O) groups excluding carboxylic acids is 4. The summed E-state index contributed by atoms with van der Waals surface area (Å²) in [5.74, 6) is -6.51. The Labute approximate surface area is 265 Å². The Morgan fingerprint density at radius 2 is 1.40 bits per heavy atom. The summed E-state index contributed by atoms with van der Waals surface area (Å²) in [6.45, 7) is 0. The fourth-order valence-electron chi connectivity index (χ4n) is 7.36. The van der Waals surface area contributed by atoms with Crippen molar-refractivity contribution in [1.82, 2.24) is 15.5 Å². The second-order valence-corrected chi connectivity index (χ2v) is 13.4. The van der Waals surface area contributed by atoms with Gasteiger partial charge in [0.05, 0.1) is 0 Å². The van der Waals surface area contributed by atoms with E-state index in [-0.39, 0.29) is 41.1 Å². The van der Waals surface area contributed by atoms with Crippen LogP contribution in [-0.2, 0) is 31.0 Å². The number of hydrogen-bond acceptors (Lipinski definition) is 4. The molecule has 0 bridgehead atoms. The molecule has 2 aromatic carbocycles. The van der Waals surface area contributed by atoms with Gasteiger partial charge in [0.25, 0.3) is 11.8 Å². The zero-order valence-electron chi connectivity index (χ0n) is 26.7. The third kappa shape index (κ3) is 4.96. The first-order valence-electron chi connectivity index (χ1n) is 14.4. The van der Waals surface area contributed by atoms with Crippen molar-refractivity contribution in [2.75, 3.05) is 0 Å². The van der Waals surface area contributed by atoms with Gasteiger partial charge in [0.15, 0.2) is 0 Å². The van der Waals surface area contributed by atoms with E-state index in [2.05, 4.69) is 10.6 Å². The summed E-state index contributed by atoms with van der Waals surface area (Å²) in [5.41, 5.74) is 4.93. The fourth-order valence-corrected chi connectivity index (χ4v) is 7.64. The molecule has 210 valence electrons. The highest BCUT2D eigenvalue weighted by atomic mass is 35.5. The number of carbonyl (C=O) groups is 4. The van der Waals surface area contributed by atoms with E-state index in [4.69, 9.17) is 11.6 Å². The predicted molar refractivity (Wildman–Crippen MR) is 197 cm³/mol. The Hall–Kier alpha value is -2.62. The average molecular weight is 592 g/mol. The number of rotatable bonds is 5. The number of imide groups is 1. The van der Waals surface area contributed by atoms with Crippen LogP contribution in [0.4, 0.5) is 8.78 Å². The topological polar surface area (TPSA) is 95.6 Å². The number of alkyl halides is 2. The molecule has 0 spiro atoms. The molecule has 4 amide bonds. The summed E-state index contributed by atoms with van der Waals surface area (Å²) < 4.78 is 32.1. The lowest BCUT2D eigenvalue weighted by Crippen LogP contribution is -2.61. The first kappa shape index (κ1) is 33.3. The minimum Gasteiger partial charge on any atom is -0.357 e. The maximum Gasteiger partial charge on any atom is 0.348 e. The van der Waals surface area contributed by atoms with Gasteiger partial charge in [0.1, 0.15) is 92.4 Å². The van der Waals surface area contributed by atoms with Crippen molar-refractivity contribution in [2.45, 2.75) is 35.5 Å². The van der Waals surface area contributed by atoms with Crippen LogP contribution in [0.15, 0.2) is 0 Å². The number of hydrogen-bond donors (Lipinski definition) is 2. The van der Waals surface area contributed by atoms with Crippen LogP contribution >= 0.6 is 11.6 Å². The molecule has 7 nitrogen and oxygen atoms in total. The predicted octanol–water partition coefficient (Wildman–Crippen LogP) is -13.9. The van der Waals surface area contributed by atoms with E-state index >= 15 is 8.78 Å². The summed E-state index contributed by atoms with van der Waals surface area (Å²) in [4.78, 5) is 53.6. The average Bonchev–Trinajstić information content (AvgIpc) is 3.09. The van der Waals surface area contributed by atoms with Gasteiger partial charge in [-0.25, -0.2) is 0 Å². The molecule has 0 aromatic heterocycles. The van der Waals surface area contributed by atoms with Crippen LogP contribution in [0.1, 0.15) is 39.9 Å². The molecule has 2 aliphatic heterocycles. The molecule has 0 aliphatic carbocycles. The normalized spacial score (nSPS) is 18.3.